The molecule has 0 amide bonds. The van der Waals surface area contributed by atoms with Crippen molar-refractivity contribution in [3.8, 4) is 0 Å². The molecule has 0 radical (unpaired) electrons. The van der Waals surface area contributed by atoms with Gasteiger partial charge in [0.2, 0.25) is 5.89 Å². The van der Waals surface area contributed by atoms with E-state index in [9.17, 15) is 0 Å². The van der Waals surface area contributed by atoms with Gasteiger partial charge in [0, 0.05) is 25.9 Å². The van der Waals surface area contributed by atoms with Crippen molar-refractivity contribution in [2.75, 3.05) is 26.7 Å². The second-order valence-corrected chi connectivity index (χ2v) is 4.51. The molecular formula is C11H20N4O. The zero-order chi connectivity index (χ0) is 11.4. The molecule has 90 valence electrons. The molecule has 0 atom stereocenters. The van der Waals surface area contributed by atoms with Crippen LogP contribution in [0.3, 0.4) is 0 Å². The van der Waals surface area contributed by atoms with Gasteiger partial charge in [0.25, 0.3) is 0 Å². The highest BCUT2D eigenvalue weighted by molar-refractivity contribution is 4.85. The van der Waals surface area contributed by atoms with Crippen LogP contribution < -0.4 is 5.32 Å². The number of piperidine rings is 1. The van der Waals surface area contributed by atoms with Crippen molar-refractivity contribution in [3.63, 3.8) is 0 Å². The number of rotatable bonds is 4. The first-order chi connectivity index (χ1) is 7.74. The van der Waals surface area contributed by atoms with Gasteiger partial charge in [-0.15, -0.1) is 0 Å². The lowest BCUT2D eigenvalue weighted by Crippen LogP contribution is -2.41. The van der Waals surface area contributed by atoms with Crippen molar-refractivity contribution in [1.29, 1.82) is 0 Å². The van der Waals surface area contributed by atoms with Gasteiger partial charge in [0.15, 0.2) is 5.82 Å². The van der Waals surface area contributed by atoms with Crippen LogP contribution in [0.25, 0.3) is 0 Å². The maximum atomic E-state index is 4.93. The van der Waals surface area contributed by atoms with Crippen LogP contribution in [0.4, 0.5) is 0 Å². The number of nitrogens with one attached hydrogen (secondary N) is 1. The number of nitrogens with zero attached hydrogens (tertiary/aromatic N) is 3. The van der Waals surface area contributed by atoms with E-state index < -0.39 is 0 Å². The molecule has 1 N–H and O–H groups in total. The fraction of sp³-hybridized carbons (Fsp3) is 0.818. The molecule has 16 heavy (non-hydrogen) atoms. The number of aryl methyl sites for hydroxylation is 1. The van der Waals surface area contributed by atoms with E-state index in [-0.39, 0.29) is 0 Å². The number of hydrogen-bond acceptors (Lipinski definition) is 5. The lowest BCUT2D eigenvalue weighted by molar-refractivity contribution is 0.235. The van der Waals surface area contributed by atoms with Crippen molar-refractivity contribution < 1.29 is 4.52 Å². The van der Waals surface area contributed by atoms with Crippen LogP contribution in [-0.2, 0) is 6.42 Å². The average Bonchev–Trinajstić information content (AvgIpc) is 2.67. The highest BCUT2D eigenvalue weighted by atomic mass is 16.5. The lowest BCUT2D eigenvalue weighted by Gasteiger charge is -2.29. The summed E-state index contributed by atoms with van der Waals surface area (Å²) in [7, 11) is 2.18. The third kappa shape index (κ3) is 3.28. The van der Waals surface area contributed by atoms with Gasteiger partial charge in [-0.3, -0.25) is 0 Å². The summed E-state index contributed by atoms with van der Waals surface area (Å²) in [5.41, 5.74) is 0. The molecule has 0 aromatic carbocycles. The molecule has 1 aliphatic heterocycles. The summed E-state index contributed by atoms with van der Waals surface area (Å²) in [6, 6.07) is 0.657. The molecule has 5 heteroatoms. The Labute approximate surface area is 96.2 Å². The van der Waals surface area contributed by atoms with Crippen molar-refractivity contribution in [1.82, 2.24) is 20.4 Å². The third-order valence-electron chi connectivity index (χ3n) is 3.07. The van der Waals surface area contributed by atoms with Gasteiger partial charge < -0.3 is 14.7 Å². The maximum absolute atomic E-state index is 4.93. The van der Waals surface area contributed by atoms with E-state index >= 15 is 0 Å². The van der Waals surface area contributed by atoms with Crippen LogP contribution in [0.15, 0.2) is 4.52 Å². The molecule has 0 spiro atoms. The van der Waals surface area contributed by atoms with Crippen LogP contribution >= 0.6 is 0 Å². The van der Waals surface area contributed by atoms with Gasteiger partial charge in [-0.1, -0.05) is 5.16 Å². The van der Waals surface area contributed by atoms with Gasteiger partial charge in [0.1, 0.15) is 0 Å². The topological polar surface area (TPSA) is 54.2 Å². The molecule has 1 saturated heterocycles. The largest absolute Gasteiger partial charge is 0.340 e. The second-order valence-electron chi connectivity index (χ2n) is 4.51. The molecule has 0 bridgehead atoms. The van der Waals surface area contributed by atoms with E-state index in [4.69, 9.17) is 4.52 Å². The first kappa shape index (κ1) is 11.5. The molecule has 1 aromatic rings. The van der Waals surface area contributed by atoms with E-state index in [1.165, 1.54) is 25.9 Å². The minimum atomic E-state index is 0.647. The minimum Gasteiger partial charge on any atom is -0.340 e. The van der Waals surface area contributed by atoms with Crippen LogP contribution in [-0.4, -0.2) is 47.8 Å². The first-order valence-electron chi connectivity index (χ1n) is 5.95. The van der Waals surface area contributed by atoms with E-state index in [0.29, 0.717) is 11.9 Å². The Balaban J connectivity index is 1.64. The molecule has 1 fully saturated rings. The molecule has 1 aromatic heterocycles. The summed E-state index contributed by atoms with van der Waals surface area (Å²) in [5.74, 6) is 1.45. The fourth-order valence-electron chi connectivity index (χ4n) is 2.04. The first-order valence-corrected chi connectivity index (χ1v) is 5.95. The van der Waals surface area contributed by atoms with Crippen LogP contribution in [0, 0.1) is 6.92 Å². The molecule has 0 aliphatic carbocycles. The summed E-state index contributed by atoms with van der Waals surface area (Å²) in [6.07, 6.45) is 3.33. The van der Waals surface area contributed by atoms with Gasteiger partial charge in [0.05, 0.1) is 0 Å². The Morgan fingerprint density at radius 1 is 1.44 bits per heavy atom. The number of aromatic nitrogens is 2. The third-order valence-corrected chi connectivity index (χ3v) is 3.07. The highest BCUT2D eigenvalue weighted by Crippen LogP contribution is 2.07. The van der Waals surface area contributed by atoms with Crippen molar-refractivity contribution >= 4 is 0 Å². The normalized spacial score (nSPS) is 19.1. The van der Waals surface area contributed by atoms with E-state index in [2.05, 4.69) is 27.4 Å². The molecule has 2 heterocycles. The molecule has 0 saturated carbocycles. The summed E-state index contributed by atoms with van der Waals surface area (Å²) in [5, 5.41) is 7.43. The highest BCUT2D eigenvalue weighted by Gasteiger charge is 2.15. The molecular weight excluding hydrogens is 204 g/mol. The lowest BCUT2D eigenvalue weighted by atomic mass is 10.1. The maximum Gasteiger partial charge on any atom is 0.223 e. The zero-order valence-corrected chi connectivity index (χ0v) is 10.1. The summed E-state index contributed by atoms with van der Waals surface area (Å²) >= 11 is 0. The zero-order valence-electron chi connectivity index (χ0n) is 10.1. The van der Waals surface area contributed by atoms with Crippen LogP contribution in [0.1, 0.15) is 24.6 Å². The summed E-state index contributed by atoms with van der Waals surface area (Å²) < 4.78 is 4.93. The smallest absolute Gasteiger partial charge is 0.223 e. The van der Waals surface area contributed by atoms with Crippen molar-refractivity contribution in [3.05, 3.63) is 11.7 Å². The number of likely N-dealkylation sites (tertiary alicyclic amines) is 1. The Bertz CT molecular complexity index is 318. The average molecular weight is 224 g/mol. The van der Waals surface area contributed by atoms with Crippen LogP contribution in [0.2, 0.25) is 0 Å². The quantitative estimate of drug-likeness (QED) is 0.812. The Kier molecular flexibility index (Phi) is 3.90. The Morgan fingerprint density at radius 2 is 2.19 bits per heavy atom. The van der Waals surface area contributed by atoms with Gasteiger partial charge >= 0.3 is 0 Å². The van der Waals surface area contributed by atoms with Crippen molar-refractivity contribution in [2.24, 2.45) is 0 Å². The van der Waals surface area contributed by atoms with E-state index in [1.54, 1.807) is 0 Å². The fourth-order valence-corrected chi connectivity index (χ4v) is 2.04. The second kappa shape index (κ2) is 5.41. The monoisotopic (exact) mass is 224 g/mol. The summed E-state index contributed by atoms with van der Waals surface area (Å²) in [4.78, 5) is 6.56. The van der Waals surface area contributed by atoms with E-state index in [0.717, 1.165) is 18.8 Å². The number of hydrogen-bond donors (Lipinski definition) is 1. The predicted molar refractivity (Wildman–Crippen MR) is 61.3 cm³/mol. The molecule has 2 rings (SSSR count). The van der Waals surface area contributed by atoms with Gasteiger partial charge in [-0.25, -0.2) is 0 Å². The molecule has 0 unspecified atom stereocenters. The SMILES string of the molecule is Cc1nc(CCNC2CCN(C)CC2)no1. The molecule has 1 aliphatic rings. The predicted octanol–water partition coefficient (Wildman–Crippen LogP) is 0.604. The van der Waals surface area contributed by atoms with E-state index in [1.807, 2.05) is 6.92 Å². The van der Waals surface area contributed by atoms with Crippen LogP contribution in [0.5, 0.6) is 0 Å². The Morgan fingerprint density at radius 3 is 2.81 bits per heavy atom. The standard InChI is InChI=1S/C11H20N4O/c1-9-13-11(14-16-9)3-6-12-10-4-7-15(2)8-5-10/h10,12H,3-8H2,1-2H3. The van der Waals surface area contributed by atoms with Crippen molar-refractivity contribution in [2.45, 2.75) is 32.2 Å². The van der Waals surface area contributed by atoms with Gasteiger partial charge in [-0.2, -0.15) is 4.98 Å². The molecule has 5 nitrogen and oxygen atoms in total. The minimum absolute atomic E-state index is 0.647. The Hall–Kier alpha value is -0.940. The van der Waals surface area contributed by atoms with Gasteiger partial charge in [-0.05, 0) is 33.0 Å². The summed E-state index contributed by atoms with van der Waals surface area (Å²) in [6.45, 7) is 5.15.